The number of halogens is 3. The van der Waals surface area contributed by atoms with Crippen LogP contribution < -0.4 is 0 Å². The molecule has 21 heavy (non-hydrogen) atoms. The van der Waals surface area contributed by atoms with Crippen molar-refractivity contribution >= 4 is 6.71 Å². The van der Waals surface area contributed by atoms with E-state index in [0.717, 1.165) is 0 Å². The lowest BCUT2D eigenvalue weighted by Crippen LogP contribution is -2.25. The number of terminal acetylenes is 1. The molecule has 0 amide bonds. The zero-order chi connectivity index (χ0) is 15.2. The quantitative estimate of drug-likeness (QED) is 0.374. The smallest absolute Gasteiger partial charge is 0.178 e. The number of rotatable bonds is 5. The Kier molecular flexibility index (Phi) is 5.11. The molecule has 0 N–H and O–H groups in total. The molecule has 2 rings (SSSR count). The van der Waals surface area contributed by atoms with Gasteiger partial charge in [-0.15, -0.1) is 6.42 Å². The Morgan fingerprint density at radius 2 is 1.76 bits per heavy atom. The number of allylic oxidation sites excluding steroid dienone is 12. The molecule has 0 saturated carbocycles. The third-order valence-corrected chi connectivity index (χ3v) is 3.61. The van der Waals surface area contributed by atoms with Crippen LogP contribution in [0.4, 0.5) is 13.2 Å². The molecule has 2 aliphatic rings. The van der Waals surface area contributed by atoms with Gasteiger partial charge in [0, 0.05) is 11.6 Å². The summed E-state index contributed by atoms with van der Waals surface area (Å²) in [6.07, 6.45) is 18.1. The molecule has 2 atom stereocenters. The largest absolute Gasteiger partial charge is 0.213 e. The van der Waals surface area contributed by atoms with E-state index in [1.165, 1.54) is 30.4 Å². The molecule has 2 aliphatic carbocycles. The van der Waals surface area contributed by atoms with Crippen LogP contribution in [-0.2, 0) is 0 Å². The van der Waals surface area contributed by atoms with Crippen molar-refractivity contribution in [2.24, 2.45) is 0 Å². The summed E-state index contributed by atoms with van der Waals surface area (Å²) in [6.45, 7) is -0.537. The second-order valence-corrected chi connectivity index (χ2v) is 4.93. The fourth-order valence-electron chi connectivity index (χ4n) is 2.61. The van der Waals surface area contributed by atoms with Crippen molar-refractivity contribution in [2.45, 2.75) is 18.0 Å². The normalized spacial score (nSPS) is 24.4. The molecule has 0 radical (unpaired) electrons. The van der Waals surface area contributed by atoms with Crippen molar-refractivity contribution in [2.75, 3.05) is 0 Å². The molecule has 0 aromatic heterocycles. The zero-order valence-electron chi connectivity index (χ0n) is 11.3. The Morgan fingerprint density at radius 3 is 2.19 bits per heavy atom. The Balaban J connectivity index is 2.19. The maximum Gasteiger partial charge on any atom is 0.178 e. The Labute approximate surface area is 123 Å². The summed E-state index contributed by atoms with van der Waals surface area (Å²) in [5.74, 6) is -0.133. The minimum Gasteiger partial charge on any atom is -0.213 e. The highest BCUT2D eigenvalue weighted by atomic mass is 19.1. The summed E-state index contributed by atoms with van der Waals surface area (Å²) in [7, 11) is 0. The van der Waals surface area contributed by atoms with E-state index in [4.69, 9.17) is 6.42 Å². The average molecular weight is 286 g/mol. The predicted molar refractivity (Wildman–Crippen MR) is 81.9 cm³/mol. The summed E-state index contributed by atoms with van der Waals surface area (Å²) in [5, 5.41) is 0. The molecule has 0 spiro atoms. The van der Waals surface area contributed by atoms with Crippen molar-refractivity contribution in [1.29, 1.82) is 0 Å². The first-order valence-electron chi connectivity index (χ1n) is 6.68. The van der Waals surface area contributed by atoms with E-state index in [0.29, 0.717) is 0 Å². The minimum atomic E-state index is -0.604. The lowest BCUT2D eigenvalue weighted by Gasteiger charge is -2.23. The van der Waals surface area contributed by atoms with Crippen molar-refractivity contribution in [3.05, 3.63) is 72.2 Å². The van der Waals surface area contributed by atoms with E-state index in [9.17, 15) is 13.2 Å². The van der Waals surface area contributed by atoms with Crippen molar-refractivity contribution in [3.63, 3.8) is 0 Å². The molecule has 0 nitrogen and oxygen atoms in total. The van der Waals surface area contributed by atoms with Crippen LogP contribution in [0, 0.1) is 12.3 Å². The van der Waals surface area contributed by atoms with Gasteiger partial charge in [-0.2, -0.15) is 0 Å². The van der Waals surface area contributed by atoms with Gasteiger partial charge in [-0.1, -0.05) is 36.3 Å². The summed E-state index contributed by atoms with van der Waals surface area (Å²) >= 11 is 0. The Morgan fingerprint density at radius 1 is 1.19 bits per heavy atom. The fourth-order valence-corrected chi connectivity index (χ4v) is 2.61. The van der Waals surface area contributed by atoms with Gasteiger partial charge in [0.15, 0.2) is 6.71 Å². The third-order valence-electron chi connectivity index (χ3n) is 3.61. The van der Waals surface area contributed by atoms with Crippen LogP contribution in [0.15, 0.2) is 72.2 Å². The van der Waals surface area contributed by atoms with Gasteiger partial charge in [0.25, 0.3) is 0 Å². The van der Waals surface area contributed by atoms with Crippen LogP contribution in [-0.4, -0.2) is 6.71 Å². The van der Waals surface area contributed by atoms with Gasteiger partial charge < -0.3 is 0 Å². The van der Waals surface area contributed by atoms with E-state index < -0.39 is 24.2 Å². The Bertz CT molecular complexity index is 580. The highest BCUT2D eigenvalue weighted by Gasteiger charge is 2.38. The summed E-state index contributed by atoms with van der Waals surface area (Å²) in [6, 6.07) is 0. The van der Waals surface area contributed by atoms with E-state index in [1.54, 1.807) is 24.3 Å². The molecule has 0 heterocycles. The third kappa shape index (κ3) is 3.69. The second-order valence-electron chi connectivity index (χ2n) is 4.93. The van der Waals surface area contributed by atoms with E-state index >= 15 is 0 Å². The SMILES string of the molecule is C#C/C=C\C=C(\F)CB(C1C=CC=C1F)C1C=CC=C1F. The molecule has 0 fully saturated rings. The molecule has 0 aromatic carbocycles. The van der Waals surface area contributed by atoms with Crippen molar-refractivity contribution in [1.82, 2.24) is 0 Å². The monoisotopic (exact) mass is 286 g/mol. The molecule has 2 unspecified atom stereocenters. The van der Waals surface area contributed by atoms with Gasteiger partial charge >= 0.3 is 0 Å². The van der Waals surface area contributed by atoms with Gasteiger partial charge in [-0.25, -0.2) is 13.2 Å². The topological polar surface area (TPSA) is 0 Å². The first-order valence-corrected chi connectivity index (χ1v) is 6.68. The number of hydrogen-bond donors (Lipinski definition) is 0. The second kappa shape index (κ2) is 7.03. The summed E-state index contributed by atoms with van der Waals surface area (Å²) < 4.78 is 41.6. The van der Waals surface area contributed by atoms with Gasteiger partial charge in [-0.05, 0) is 30.6 Å². The highest BCUT2D eigenvalue weighted by Crippen LogP contribution is 2.43. The summed E-state index contributed by atoms with van der Waals surface area (Å²) in [5.41, 5.74) is 0. The minimum absolute atomic E-state index is 0.0541. The predicted octanol–water partition coefficient (Wildman–Crippen LogP) is 5.11. The maximum absolute atomic E-state index is 13.9. The van der Waals surface area contributed by atoms with Crippen LogP contribution in [0.2, 0.25) is 18.0 Å². The zero-order valence-corrected chi connectivity index (χ0v) is 11.3. The van der Waals surface area contributed by atoms with Crippen LogP contribution in [0.5, 0.6) is 0 Å². The Hall–Kier alpha value is -2.15. The van der Waals surface area contributed by atoms with Crippen LogP contribution in [0.25, 0.3) is 0 Å². The summed E-state index contributed by atoms with van der Waals surface area (Å²) in [4.78, 5) is 0. The fraction of sp³-hybridized carbons (Fsp3) is 0.176. The van der Waals surface area contributed by atoms with E-state index in [1.807, 2.05) is 0 Å². The van der Waals surface area contributed by atoms with E-state index in [-0.39, 0.29) is 18.0 Å². The van der Waals surface area contributed by atoms with E-state index in [2.05, 4.69) is 5.92 Å². The van der Waals surface area contributed by atoms with Crippen molar-refractivity contribution in [3.8, 4) is 12.3 Å². The number of hydrogen-bond acceptors (Lipinski definition) is 0. The lowest BCUT2D eigenvalue weighted by molar-refractivity contribution is 0.596. The van der Waals surface area contributed by atoms with Crippen molar-refractivity contribution < 1.29 is 13.2 Å². The average Bonchev–Trinajstić information content (AvgIpc) is 3.05. The lowest BCUT2D eigenvalue weighted by atomic mass is 9.32. The molecule has 106 valence electrons. The maximum atomic E-state index is 13.9. The van der Waals surface area contributed by atoms with Gasteiger partial charge in [0.1, 0.15) is 0 Å². The molecule has 4 heteroatoms. The first kappa shape index (κ1) is 15.2. The molecule has 0 saturated heterocycles. The van der Waals surface area contributed by atoms with Gasteiger partial charge in [0.05, 0.1) is 17.5 Å². The highest BCUT2D eigenvalue weighted by molar-refractivity contribution is 6.65. The van der Waals surface area contributed by atoms with Crippen LogP contribution in [0.3, 0.4) is 0 Å². The molecule has 0 aliphatic heterocycles. The van der Waals surface area contributed by atoms with Crippen LogP contribution >= 0.6 is 0 Å². The van der Waals surface area contributed by atoms with Gasteiger partial charge in [0.2, 0.25) is 0 Å². The van der Waals surface area contributed by atoms with Gasteiger partial charge in [-0.3, -0.25) is 0 Å². The van der Waals surface area contributed by atoms with Crippen LogP contribution in [0.1, 0.15) is 0 Å². The molecular formula is C17H14BF3. The molecular weight excluding hydrogens is 272 g/mol. The molecule has 0 bridgehead atoms. The first-order chi connectivity index (χ1) is 10.1. The molecule has 0 aromatic rings. The standard InChI is InChI=1S/C17H14BF3/c1-2-3-4-7-13(19)12-18(14-8-5-10-16(14)20)15-9-6-11-17(15)21/h1,3-11,14-15H,12H2/b4-3-,13-7+.